The monoisotopic (exact) mass is 408 g/mol. The summed E-state index contributed by atoms with van der Waals surface area (Å²) in [5.41, 5.74) is 0. The summed E-state index contributed by atoms with van der Waals surface area (Å²) in [7, 11) is 0. The van der Waals surface area contributed by atoms with Crippen molar-refractivity contribution in [1.29, 1.82) is 0 Å². The van der Waals surface area contributed by atoms with Crippen LogP contribution in [-0.4, -0.2) is 49.8 Å². The molecule has 0 atom stereocenters. The van der Waals surface area contributed by atoms with Gasteiger partial charge in [-0.15, -0.1) is 0 Å². The molecule has 16 valence electrons. The van der Waals surface area contributed by atoms with Crippen LogP contribution < -0.4 is 0 Å². The molecule has 0 spiro atoms. The average molecular weight is 407 g/mol. The number of hydrogen-bond acceptors (Lipinski definition) is 1. The van der Waals surface area contributed by atoms with Gasteiger partial charge in [-0.05, 0) is 0 Å². The van der Waals surface area contributed by atoms with E-state index in [9.17, 15) is 0 Å². The van der Waals surface area contributed by atoms with Crippen molar-refractivity contribution >= 4 is 49.8 Å². The third kappa shape index (κ3) is 8.91. The predicted molar refractivity (Wildman–Crippen MR) is 12.2 cm³/mol. The zero-order chi connectivity index (χ0) is 2.00. The van der Waals surface area contributed by atoms with E-state index in [-0.39, 0.29) is 46.8 Å². The Labute approximate surface area is 71.3 Å². The minimum absolute atomic E-state index is 0. The van der Waals surface area contributed by atoms with Crippen molar-refractivity contribution in [1.82, 2.24) is 0 Å². The SMILES string of the molecule is [O]=[Sn].[Pb].[Zn]. The molecule has 0 rings (SSSR count). The molecule has 0 amide bonds. The predicted octanol–water partition coefficient (Wildman–Crippen LogP) is -0.883. The van der Waals surface area contributed by atoms with Crippen molar-refractivity contribution in [3.05, 3.63) is 0 Å². The summed E-state index contributed by atoms with van der Waals surface area (Å²) in [4.78, 5) is 0. The van der Waals surface area contributed by atoms with Crippen molar-refractivity contribution in [2.24, 2.45) is 0 Å². The maximum Gasteiger partial charge on any atom is 0 e. The van der Waals surface area contributed by atoms with Gasteiger partial charge in [-0.2, -0.15) is 0 Å². The van der Waals surface area contributed by atoms with E-state index in [1.807, 2.05) is 0 Å². The largest absolute Gasteiger partial charge is 0 e. The van der Waals surface area contributed by atoms with Gasteiger partial charge in [0.25, 0.3) is 0 Å². The Bertz CT molecular complexity index is 8.00. The van der Waals surface area contributed by atoms with Crippen LogP contribution in [0.5, 0.6) is 0 Å². The van der Waals surface area contributed by atoms with E-state index < -0.39 is 0 Å². The van der Waals surface area contributed by atoms with E-state index in [1.54, 1.807) is 0 Å². The summed E-state index contributed by atoms with van der Waals surface area (Å²) in [5.74, 6) is 0. The van der Waals surface area contributed by atoms with E-state index in [2.05, 4.69) is 0 Å². The quantitative estimate of drug-likeness (QED) is 0.477. The molecule has 0 unspecified atom stereocenters. The average Bonchev–Trinajstić information content (AvgIpc) is 1.00. The molecule has 1 nitrogen and oxygen atoms in total. The van der Waals surface area contributed by atoms with Crippen molar-refractivity contribution in [2.45, 2.75) is 0 Å². The first-order valence-electron chi connectivity index (χ1n) is 0.204. The van der Waals surface area contributed by atoms with Crippen LogP contribution in [0.1, 0.15) is 0 Å². The molecule has 4 heteroatoms. The van der Waals surface area contributed by atoms with Crippen LogP contribution in [0.2, 0.25) is 0 Å². The molecule has 0 bridgehead atoms. The van der Waals surface area contributed by atoms with Gasteiger partial charge in [-0.1, -0.05) is 0 Å². The number of hydrogen-bond donors (Lipinski definition) is 0. The molecule has 0 aromatic rings. The van der Waals surface area contributed by atoms with Gasteiger partial charge in [0.15, 0.2) is 0 Å². The molecule has 6 radical (unpaired) electrons. The first-order valence-corrected chi connectivity index (χ1v) is 1.37. The van der Waals surface area contributed by atoms with Crippen LogP contribution in [0, 0.1) is 0 Å². The summed E-state index contributed by atoms with van der Waals surface area (Å²) < 4.78 is 8.34. The van der Waals surface area contributed by atoms with Gasteiger partial charge in [-0.3, -0.25) is 0 Å². The summed E-state index contributed by atoms with van der Waals surface area (Å²) in [6.07, 6.45) is 0. The van der Waals surface area contributed by atoms with Crippen LogP contribution >= 0.6 is 0 Å². The summed E-state index contributed by atoms with van der Waals surface area (Å²) in [6, 6.07) is 0. The minimum Gasteiger partial charge on any atom is 0 e. The Morgan fingerprint density at radius 2 is 1.25 bits per heavy atom. The Balaban J connectivity index is -0.00000000500. The third-order valence-corrected chi connectivity index (χ3v) is 0. The molecule has 0 saturated heterocycles. The molecule has 4 heavy (non-hydrogen) atoms. The van der Waals surface area contributed by atoms with Crippen molar-refractivity contribution in [2.75, 3.05) is 0 Å². The molecular formula is OPbSnZn. The van der Waals surface area contributed by atoms with Crippen LogP contribution in [0.4, 0.5) is 0 Å². The first kappa shape index (κ1) is 16.4. The summed E-state index contributed by atoms with van der Waals surface area (Å²) in [6.45, 7) is 0. The zero-order valence-corrected chi connectivity index (χ0v) is 11.8. The van der Waals surface area contributed by atoms with Crippen LogP contribution in [0.3, 0.4) is 0 Å². The second kappa shape index (κ2) is 19.2. The van der Waals surface area contributed by atoms with E-state index in [0.717, 1.165) is 0 Å². The van der Waals surface area contributed by atoms with Gasteiger partial charge in [0.1, 0.15) is 0 Å². The van der Waals surface area contributed by atoms with Crippen LogP contribution in [0.15, 0.2) is 0 Å². The third-order valence-electron chi connectivity index (χ3n) is 0. The second-order valence-electron chi connectivity index (χ2n) is 0. The Kier molecular flexibility index (Phi) is 79.0. The van der Waals surface area contributed by atoms with Crippen molar-refractivity contribution < 1.29 is 22.6 Å². The minimum atomic E-state index is 0. The van der Waals surface area contributed by atoms with Gasteiger partial charge in [0.2, 0.25) is 0 Å². The maximum atomic E-state index is 8.34. The molecule has 0 aromatic carbocycles. The van der Waals surface area contributed by atoms with E-state index in [1.165, 1.54) is 0 Å². The standard InChI is InChI=1S/O.Pb.Sn.Zn. The van der Waals surface area contributed by atoms with E-state index >= 15 is 0 Å². The molecule has 0 heterocycles. The number of rotatable bonds is 0. The summed E-state index contributed by atoms with van der Waals surface area (Å²) in [5, 5.41) is 0. The second-order valence-corrected chi connectivity index (χ2v) is 0. The summed E-state index contributed by atoms with van der Waals surface area (Å²) >= 11 is 0.300. The molecule has 0 aliphatic heterocycles. The molecule has 0 aromatic heterocycles. The fourth-order valence-corrected chi connectivity index (χ4v) is 0. The maximum absolute atomic E-state index is 8.34. The van der Waals surface area contributed by atoms with Gasteiger partial charge in [0.05, 0.1) is 0 Å². The Hall–Kier alpha value is 2.14. The first-order chi connectivity index (χ1) is 1.00. The molecule has 0 aliphatic carbocycles. The van der Waals surface area contributed by atoms with Gasteiger partial charge in [-0.25, -0.2) is 0 Å². The fourth-order valence-electron chi connectivity index (χ4n) is 0. The molecule has 0 aliphatic rings. The molecule has 0 fully saturated rings. The fraction of sp³-hybridized carbons (Fsp3) is 0. The van der Waals surface area contributed by atoms with Crippen LogP contribution in [0.25, 0.3) is 0 Å². The van der Waals surface area contributed by atoms with Crippen LogP contribution in [-0.2, 0) is 22.6 Å². The van der Waals surface area contributed by atoms with Gasteiger partial charge < -0.3 is 0 Å². The van der Waals surface area contributed by atoms with E-state index in [0.29, 0.717) is 22.5 Å². The zero-order valence-electron chi connectivity index (χ0n) is 2.12. The smallest absolute Gasteiger partial charge is 0 e. The van der Waals surface area contributed by atoms with Gasteiger partial charge >= 0.3 is 25.6 Å². The normalized spacial score (nSPS) is 1.00. The van der Waals surface area contributed by atoms with Crippen molar-refractivity contribution in [3.8, 4) is 0 Å². The Morgan fingerprint density at radius 1 is 1.25 bits per heavy atom. The van der Waals surface area contributed by atoms with E-state index in [4.69, 9.17) is 3.08 Å². The molecular weight excluding hydrogens is 407 g/mol. The topological polar surface area (TPSA) is 17.1 Å². The Morgan fingerprint density at radius 3 is 1.25 bits per heavy atom. The van der Waals surface area contributed by atoms with Gasteiger partial charge in [0, 0.05) is 46.8 Å². The van der Waals surface area contributed by atoms with Crippen molar-refractivity contribution in [3.63, 3.8) is 0 Å². The molecule has 0 N–H and O–H groups in total. The molecule has 0 saturated carbocycles.